The molecule has 0 amide bonds. The van der Waals surface area contributed by atoms with Crippen LogP contribution in [0.3, 0.4) is 0 Å². The first kappa shape index (κ1) is 18.2. The first-order valence-electron chi connectivity index (χ1n) is 10.4. The maximum Gasteiger partial charge on any atom is 0.222 e. The fourth-order valence-corrected chi connectivity index (χ4v) is 3.55. The Morgan fingerprint density at radius 3 is 2.33 bits per heavy atom. The summed E-state index contributed by atoms with van der Waals surface area (Å²) in [5, 5.41) is 1.05. The van der Waals surface area contributed by atoms with Gasteiger partial charge in [-0.3, -0.25) is 4.98 Å². The lowest BCUT2D eigenvalue weighted by molar-refractivity contribution is -0.665. The highest BCUT2D eigenvalue weighted by Crippen LogP contribution is 2.34. The number of aromatic nitrogens is 2. The smallest absolute Gasteiger partial charge is 0.222 e. The van der Waals surface area contributed by atoms with Crippen molar-refractivity contribution in [1.82, 2.24) is 4.98 Å². The van der Waals surface area contributed by atoms with Crippen molar-refractivity contribution in [1.29, 1.82) is 0 Å². The molecule has 1 aromatic carbocycles. The average Bonchev–Trinajstić information content (AvgIpc) is 2.62. The van der Waals surface area contributed by atoms with Gasteiger partial charge < -0.3 is 0 Å². The molecule has 0 saturated heterocycles. The van der Waals surface area contributed by atoms with Gasteiger partial charge in [0.25, 0.3) is 0 Å². The largest absolute Gasteiger partial charge is 0.252 e. The second kappa shape index (κ2) is 6.74. The zero-order chi connectivity index (χ0) is 21.0. The molecule has 0 radical (unpaired) electrons. The summed E-state index contributed by atoms with van der Waals surface area (Å²) >= 11 is 0. The van der Waals surface area contributed by atoms with Gasteiger partial charge in [0.05, 0.1) is 17.8 Å². The van der Waals surface area contributed by atoms with Crippen LogP contribution in [0.5, 0.6) is 0 Å². The van der Waals surface area contributed by atoms with Crippen molar-refractivity contribution in [2.24, 2.45) is 7.05 Å². The van der Waals surface area contributed by atoms with Crippen molar-refractivity contribution in [3.63, 3.8) is 0 Å². The lowest BCUT2D eigenvalue weighted by Gasteiger charge is -2.22. The van der Waals surface area contributed by atoms with Gasteiger partial charge in [-0.15, -0.1) is 0 Å². The van der Waals surface area contributed by atoms with E-state index < -0.39 is 0 Å². The predicted molar refractivity (Wildman–Crippen MR) is 115 cm³/mol. The third-order valence-corrected chi connectivity index (χ3v) is 5.69. The molecule has 27 heavy (non-hydrogen) atoms. The summed E-state index contributed by atoms with van der Waals surface area (Å²) in [6, 6.07) is 9.42. The molecule has 142 valence electrons. The topological polar surface area (TPSA) is 16.8 Å². The average molecular weight is 363 g/mol. The van der Waals surface area contributed by atoms with Gasteiger partial charge in [-0.05, 0) is 60.1 Å². The Balaban J connectivity index is 2.46. The van der Waals surface area contributed by atoms with E-state index in [9.17, 15) is 0 Å². The highest BCUT2D eigenvalue weighted by molar-refractivity contribution is 5.92. The minimum absolute atomic E-state index is 0.0784. The van der Waals surface area contributed by atoms with Gasteiger partial charge >= 0.3 is 0 Å². The molecule has 0 aliphatic rings. The van der Waals surface area contributed by atoms with Crippen LogP contribution in [-0.2, 0) is 12.5 Å². The fraction of sp³-hybridized carbons (Fsp3) is 0.440. The molecule has 3 aromatic rings. The summed E-state index contributed by atoms with van der Waals surface area (Å²) in [4.78, 5) is 4.88. The summed E-state index contributed by atoms with van der Waals surface area (Å²) in [5.74, 6) is 0.342. The van der Waals surface area contributed by atoms with E-state index in [-0.39, 0.29) is 5.41 Å². The Bertz CT molecular complexity index is 1070. The molecule has 2 nitrogen and oxygen atoms in total. The molecule has 0 N–H and O–H groups in total. The Labute approximate surface area is 165 Å². The van der Waals surface area contributed by atoms with Crippen molar-refractivity contribution < 1.29 is 5.94 Å². The second-order valence-corrected chi connectivity index (χ2v) is 9.12. The molecule has 0 aliphatic heterocycles. The Kier molecular flexibility index (Phi) is 4.53. The molecule has 0 unspecified atom stereocenters. The van der Waals surface area contributed by atoms with Crippen molar-refractivity contribution in [2.45, 2.75) is 66.7 Å². The SMILES string of the molecule is [2H]c1c(C)[n+](C)c(-c2cc(C(C)(C)C)cc(C)c2C)c2ccc(C(C)C)nc12. The van der Waals surface area contributed by atoms with Crippen LogP contribution < -0.4 is 4.57 Å². The van der Waals surface area contributed by atoms with Gasteiger partial charge in [0.15, 0.2) is 5.69 Å². The van der Waals surface area contributed by atoms with E-state index in [1.165, 1.54) is 22.3 Å². The van der Waals surface area contributed by atoms with Crippen LogP contribution >= 0.6 is 0 Å². The highest BCUT2D eigenvalue weighted by Gasteiger charge is 2.24. The van der Waals surface area contributed by atoms with E-state index in [2.05, 4.69) is 84.3 Å². The van der Waals surface area contributed by atoms with Crippen molar-refractivity contribution in [3.8, 4) is 11.3 Å². The Hall–Kier alpha value is -2.22. The highest BCUT2D eigenvalue weighted by atomic mass is 15.0. The zero-order valence-corrected chi connectivity index (χ0v) is 18.3. The van der Waals surface area contributed by atoms with Crippen LogP contribution in [0.1, 0.15) is 70.0 Å². The van der Waals surface area contributed by atoms with Crippen molar-refractivity contribution in [2.75, 3.05) is 0 Å². The van der Waals surface area contributed by atoms with Gasteiger partial charge in [0.2, 0.25) is 5.69 Å². The first-order valence-corrected chi connectivity index (χ1v) is 9.85. The van der Waals surface area contributed by atoms with Crippen LogP contribution in [0.2, 0.25) is 0 Å². The second-order valence-electron chi connectivity index (χ2n) is 9.12. The summed E-state index contributed by atoms with van der Waals surface area (Å²) in [6.07, 6.45) is 0. The monoisotopic (exact) mass is 362 g/mol. The summed E-state index contributed by atoms with van der Waals surface area (Å²) in [5.41, 5.74) is 9.16. The lowest BCUT2D eigenvalue weighted by atomic mass is 9.83. The van der Waals surface area contributed by atoms with E-state index in [1.54, 1.807) is 0 Å². The molecule has 0 aliphatic carbocycles. The molecule has 2 aromatic heterocycles. The van der Waals surface area contributed by atoms with Gasteiger partial charge in [-0.2, -0.15) is 4.57 Å². The summed E-state index contributed by atoms with van der Waals surface area (Å²) < 4.78 is 10.8. The van der Waals surface area contributed by atoms with E-state index in [0.29, 0.717) is 12.0 Å². The van der Waals surface area contributed by atoms with Gasteiger partial charge in [-0.1, -0.05) is 40.7 Å². The number of rotatable bonds is 2. The van der Waals surface area contributed by atoms with Crippen LogP contribution in [0.4, 0.5) is 0 Å². The molecule has 0 saturated carbocycles. The molecular weight excluding hydrogens is 328 g/mol. The van der Waals surface area contributed by atoms with Crippen LogP contribution in [0.25, 0.3) is 22.2 Å². The molecule has 0 fully saturated rings. The standard InChI is InChI=1S/C25H33N2/c1-15(2)22-11-10-20-23(26-22)13-17(4)27(9)24(20)21-14-19(25(6,7)8)12-16(3)18(21)5/h10-15H,1-9H3/q+1/i13D. The molecule has 0 atom stereocenters. The fourth-order valence-electron chi connectivity index (χ4n) is 3.55. The maximum atomic E-state index is 8.68. The minimum atomic E-state index is 0.0784. The normalized spacial score (nSPS) is 12.7. The van der Waals surface area contributed by atoms with E-state index in [1.807, 2.05) is 6.92 Å². The van der Waals surface area contributed by atoms with Crippen LogP contribution in [0.15, 0.2) is 30.3 Å². The van der Waals surface area contributed by atoms with Crippen LogP contribution in [-0.4, -0.2) is 4.98 Å². The van der Waals surface area contributed by atoms with Gasteiger partial charge in [-0.25, -0.2) is 0 Å². The van der Waals surface area contributed by atoms with E-state index in [4.69, 9.17) is 6.35 Å². The zero-order valence-electron chi connectivity index (χ0n) is 19.3. The molecule has 3 rings (SSSR count). The summed E-state index contributed by atoms with van der Waals surface area (Å²) in [6.45, 7) is 17.5. The van der Waals surface area contributed by atoms with Crippen molar-refractivity contribution >= 4 is 10.9 Å². The molecular formula is C25H33N2+. The Morgan fingerprint density at radius 1 is 1.07 bits per heavy atom. The van der Waals surface area contributed by atoms with Gasteiger partial charge in [0.1, 0.15) is 7.05 Å². The van der Waals surface area contributed by atoms with Crippen LogP contribution in [0, 0.1) is 20.8 Å². The van der Waals surface area contributed by atoms with E-state index >= 15 is 0 Å². The number of hydrogen-bond donors (Lipinski definition) is 0. The third-order valence-electron chi connectivity index (χ3n) is 5.69. The maximum absolute atomic E-state index is 8.68. The molecule has 0 spiro atoms. The number of aryl methyl sites for hydroxylation is 1. The summed E-state index contributed by atoms with van der Waals surface area (Å²) in [7, 11) is 2.07. The van der Waals surface area contributed by atoms with Gasteiger partial charge in [0, 0.05) is 18.7 Å². The number of nitrogens with zero attached hydrogens (tertiary/aromatic N) is 2. The van der Waals surface area contributed by atoms with E-state index in [0.717, 1.165) is 28.0 Å². The lowest BCUT2D eigenvalue weighted by Crippen LogP contribution is -2.35. The predicted octanol–water partition coefficient (Wildman–Crippen LogP) is 6.07. The number of hydrogen-bond acceptors (Lipinski definition) is 1. The molecule has 2 heteroatoms. The molecule has 2 heterocycles. The minimum Gasteiger partial charge on any atom is -0.252 e. The number of pyridine rings is 2. The van der Waals surface area contributed by atoms with Crippen molar-refractivity contribution in [3.05, 3.63) is 58.4 Å². The first-order chi connectivity index (χ1) is 12.9. The quantitative estimate of drug-likeness (QED) is 0.505. The Morgan fingerprint density at radius 2 is 1.74 bits per heavy atom. The molecule has 0 bridgehead atoms. The third kappa shape index (κ3) is 3.50. The number of fused-ring (bicyclic) bond motifs is 1. The number of benzene rings is 1.